The highest BCUT2D eigenvalue weighted by Gasteiger charge is 2.32. The zero-order valence-corrected chi connectivity index (χ0v) is 8.61. The van der Waals surface area contributed by atoms with Crippen molar-refractivity contribution in [2.45, 2.75) is 44.8 Å². The first-order valence-corrected chi connectivity index (χ1v) is 5.27. The molecule has 1 rings (SSSR count). The molecule has 0 aromatic heterocycles. The van der Waals surface area contributed by atoms with Crippen molar-refractivity contribution in [1.82, 2.24) is 0 Å². The Morgan fingerprint density at radius 2 is 2.14 bits per heavy atom. The van der Waals surface area contributed by atoms with Crippen molar-refractivity contribution in [1.29, 1.82) is 0 Å². The molecule has 1 aliphatic carbocycles. The Labute approximate surface area is 84.4 Å². The van der Waals surface area contributed by atoms with E-state index in [1.807, 2.05) is 0 Å². The van der Waals surface area contributed by atoms with Gasteiger partial charge in [-0.15, -0.1) is 0 Å². The molecule has 1 aliphatic rings. The highest BCUT2D eigenvalue weighted by Crippen LogP contribution is 2.28. The summed E-state index contributed by atoms with van der Waals surface area (Å²) in [6.45, 7) is 2.04. The zero-order valence-electron chi connectivity index (χ0n) is 8.61. The van der Waals surface area contributed by atoms with Gasteiger partial charge in [-0.1, -0.05) is 12.8 Å². The maximum absolute atomic E-state index is 11.2. The van der Waals surface area contributed by atoms with Crippen molar-refractivity contribution < 1.29 is 14.6 Å². The summed E-state index contributed by atoms with van der Waals surface area (Å²) in [4.78, 5) is 11.2. The van der Waals surface area contributed by atoms with Gasteiger partial charge in [0.25, 0.3) is 0 Å². The molecule has 3 N–H and O–H groups in total. The summed E-state index contributed by atoms with van der Waals surface area (Å²) in [5.74, 6) is -0.318. The van der Waals surface area contributed by atoms with Gasteiger partial charge in [-0.2, -0.15) is 0 Å². The summed E-state index contributed by atoms with van der Waals surface area (Å²) in [7, 11) is 0. The number of hydrogen-bond donors (Lipinski definition) is 2. The molecule has 0 amide bonds. The van der Waals surface area contributed by atoms with Gasteiger partial charge in [-0.3, -0.25) is 4.79 Å². The third-order valence-electron chi connectivity index (χ3n) is 2.81. The number of rotatable bonds is 4. The van der Waals surface area contributed by atoms with Crippen molar-refractivity contribution >= 4 is 5.97 Å². The first-order chi connectivity index (χ1) is 6.66. The number of hydrogen-bond acceptors (Lipinski definition) is 4. The molecule has 0 heterocycles. The molecule has 14 heavy (non-hydrogen) atoms. The summed E-state index contributed by atoms with van der Waals surface area (Å²) in [5, 5.41) is 9.79. The van der Waals surface area contributed by atoms with Crippen molar-refractivity contribution in [3.63, 3.8) is 0 Å². The third-order valence-corrected chi connectivity index (χ3v) is 2.81. The molecule has 0 bridgehead atoms. The summed E-state index contributed by atoms with van der Waals surface area (Å²) >= 11 is 0. The fourth-order valence-electron chi connectivity index (χ4n) is 1.97. The molecule has 0 aromatic rings. The van der Waals surface area contributed by atoms with E-state index in [1.165, 1.54) is 0 Å². The molecule has 0 saturated heterocycles. The van der Waals surface area contributed by atoms with Gasteiger partial charge in [0.1, 0.15) is 6.04 Å². The van der Waals surface area contributed by atoms with Crippen LogP contribution in [0.1, 0.15) is 32.6 Å². The van der Waals surface area contributed by atoms with Crippen LogP contribution < -0.4 is 5.73 Å². The average Bonchev–Trinajstić information content (AvgIpc) is 2.68. The van der Waals surface area contributed by atoms with E-state index in [4.69, 9.17) is 10.5 Å². The maximum atomic E-state index is 11.2. The molecule has 0 spiro atoms. The highest BCUT2D eigenvalue weighted by molar-refractivity contribution is 5.76. The Kier molecular flexibility index (Phi) is 4.35. The number of ether oxygens (including phenoxy) is 1. The van der Waals surface area contributed by atoms with E-state index in [-0.39, 0.29) is 5.92 Å². The van der Waals surface area contributed by atoms with Crippen molar-refractivity contribution in [2.75, 3.05) is 6.61 Å². The standard InChI is InChI=1S/C10H19NO3/c1-2-14-10(13)8(11)9(12)7-5-3-4-6-7/h7-9,12H,2-6,11H2,1H3. The van der Waals surface area contributed by atoms with Gasteiger partial charge in [-0.05, 0) is 25.7 Å². The van der Waals surface area contributed by atoms with Gasteiger partial charge in [0.15, 0.2) is 0 Å². The smallest absolute Gasteiger partial charge is 0.325 e. The van der Waals surface area contributed by atoms with E-state index in [9.17, 15) is 9.90 Å². The average molecular weight is 201 g/mol. The van der Waals surface area contributed by atoms with Crippen LogP contribution in [0.25, 0.3) is 0 Å². The maximum Gasteiger partial charge on any atom is 0.325 e. The van der Waals surface area contributed by atoms with Gasteiger partial charge in [-0.25, -0.2) is 0 Å². The molecule has 2 unspecified atom stereocenters. The van der Waals surface area contributed by atoms with Crippen LogP contribution in [0.3, 0.4) is 0 Å². The number of aliphatic hydroxyl groups excluding tert-OH is 1. The predicted octanol–water partition coefficient (Wildman–Crippen LogP) is 0.428. The topological polar surface area (TPSA) is 72.5 Å². The fourth-order valence-corrected chi connectivity index (χ4v) is 1.97. The second-order valence-electron chi connectivity index (χ2n) is 3.81. The minimum absolute atomic E-state index is 0.175. The molecular formula is C10H19NO3. The Morgan fingerprint density at radius 1 is 1.57 bits per heavy atom. The largest absolute Gasteiger partial charge is 0.465 e. The highest BCUT2D eigenvalue weighted by atomic mass is 16.5. The van der Waals surface area contributed by atoms with Crippen molar-refractivity contribution in [3.05, 3.63) is 0 Å². The summed E-state index contributed by atoms with van der Waals surface area (Å²) < 4.78 is 4.76. The number of carbonyl (C=O) groups excluding carboxylic acids is 1. The predicted molar refractivity (Wildman–Crippen MR) is 52.6 cm³/mol. The summed E-state index contributed by atoms with van der Waals surface area (Å²) in [5.41, 5.74) is 5.60. The number of nitrogens with two attached hydrogens (primary N) is 1. The monoisotopic (exact) mass is 201 g/mol. The van der Waals surface area contributed by atoms with E-state index in [2.05, 4.69) is 0 Å². The van der Waals surface area contributed by atoms with Gasteiger partial charge in [0, 0.05) is 0 Å². The second kappa shape index (κ2) is 5.32. The minimum Gasteiger partial charge on any atom is -0.465 e. The minimum atomic E-state index is -0.877. The lowest BCUT2D eigenvalue weighted by atomic mass is 9.95. The van der Waals surface area contributed by atoms with Gasteiger partial charge >= 0.3 is 5.97 Å². The van der Waals surface area contributed by atoms with Crippen molar-refractivity contribution in [3.8, 4) is 0 Å². The van der Waals surface area contributed by atoms with Crippen LogP contribution in [0.4, 0.5) is 0 Å². The van der Waals surface area contributed by atoms with Gasteiger partial charge < -0.3 is 15.6 Å². The molecule has 0 radical (unpaired) electrons. The number of esters is 1. The van der Waals surface area contributed by atoms with Crippen molar-refractivity contribution in [2.24, 2.45) is 11.7 Å². The molecule has 1 fully saturated rings. The van der Waals surface area contributed by atoms with Crippen LogP contribution in [0.5, 0.6) is 0 Å². The lowest BCUT2D eigenvalue weighted by Crippen LogP contribution is -2.46. The summed E-state index contributed by atoms with van der Waals surface area (Å²) in [6.07, 6.45) is 3.44. The number of carbonyl (C=O) groups is 1. The number of aliphatic hydroxyl groups is 1. The second-order valence-corrected chi connectivity index (χ2v) is 3.81. The molecule has 0 aromatic carbocycles. The van der Waals surface area contributed by atoms with Crippen LogP contribution in [-0.2, 0) is 9.53 Å². The first-order valence-electron chi connectivity index (χ1n) is 5.27. The molecule has 0 aliphatic heterocycles. The molecule has 1 saturated carbocycles. The van der Waals surface area contributed by atoms with Gasteiger partial charge in [0.2, 0.25) is 0 Å². The Hall–Kier alpha value is -0.610. The van der Waals surface area contributed by atoms with Crippen LogP contribution in [0.15, 0.2) is 0 Å². The van der Waals surface area contributed by atoms with Gasteiger partial charge in [0.05, 0.1) is 12.7 Å². The van der Waals surface area contributed by atoms with E-state index in [0.717, 1.165) is 25.7 Å². The lowest BCUT2D eigenvalue weighted by Gasteiger charge is -2.22. The van der Waals surface area contributed by atoms with Crippen LogP contribution >= 0.6 is 0 Å². The SMILES string of the molecule is CCOC(=O)C(N)C(O)C1CCCC1. The summed E-state index contributed by atoms with van der Waals surface area (Å²) in [6, 6.07) is -0.877. The third kappa shape index (κ3) is 2.69. The lowest BCUT2D eigenvalue weighted by molar-refractivity contribution is -0.148. The Morgan fingerprint density at radius 3 is 2.64 bits per heavy atom. The van der Waals surface area contributed by atoms with Crippen LogP contribution in [-0.4, -0.2) is 29.8 Å². The van der Waals surface area contributed by atoms with Crippen LogP contribution in [0, 0.1) is 5.92 Å². The molecule has 2 atom stereocenters. The van der Waals surface area contributed by atoms with E-state index >= 15 is 0 Å². The zero-order chi connectivity index (χ0) is 10.6. The first kappa shape index (κ1) is 11.5. The molecule has 82 valence electrons. The normalized spacial score (nSPS) is 21.9. The molecular weight excluding hydrogens is 182 g/mol. The quantitative estimate of drug-likeness (QED) is 0.647. The van der Waals surface area contributed by atoms with Crippen LogP contribution in [0.2, 0.25) is 0 Å². The van der Waals surface area contributed by atoms with E-state index in [1.54, 1.807) is 6.92 Å². The Balaban J connectivity index is 2.41. The van der Waals surface area contributed by atoms with E-state index < -0.39 is 18.1 Å². The fraction of sp³-hybridized carbons (Fsp3) is 0.900. The Bertz CT molecular complexity index is 190. The molecule has 4 nitrogen and oxygen atoms in total. The van der Waals surface area contributed by atoms with E-state index in [0.29, 0.717) is 6.61 Å². The molecule has 4 heteroatoms.